The molecule has 0 aliphatic rings. The molecule has 0 heterocycles. The predicted molar refractivity (Wildman–Crippen MR) is 52.6 cm³/mol. The molecule has 70 valence electrons. The van der Waals surface area contributed by atoms with Crippen LogP contribution in [0.2, 0.25) is 0 Å². The summed E-state index contributed by atoms with van der Waals surface area (Å²) in [6.07, 6.45) is 0.801. The smallest absolute Gasteiger partial charge is 0.165 e. The van der Waals surface area contributed by atoms with Crippen LogP contribution in [0.3, 0.4) is 0 Å². The maximum atomic E-state index is 10.5. The highest BCUT2D eigenvalue weighted by atomic mass is 17.1. The van der Waals surface area contributed by atoms with Crippen molar-refractivity contribution in [2.24, 2.45) is 0 Å². The number of aldehydes is 1. The van der Waals surface area contributed by atoms with Crippen LogP contribution in [-0.2, 0) is 0 Å². The van der Waals surface area contributed by atoms with Gasteiger partial charge in [-0.05, 0) is 29.0 Å². The average molecular weight is 188 g/mol. The molecule has 0 aliphatic carbocycles. The van der Waals surface area contributed by atoms with Gasteiger partial charge in [0.2, 0.25) is 0 Å². The summed E-state index contributed by atoms with van der Waals surface area (Å²) in [7, 11) is 0. The highest BCUT2D eigenvalue weighted by molar-refractivity contribution is 5.89. The van der Waals surface area contributed by atoms with E-state index in [2.05, 4.69) is 4.89 Å². The zero-order valence-electron chi connectivity index (χ0n) is 7.31. The van der Waals surface area contributed by atoms with Gasteiger partial charge in [0.05, 0.1) is 0 Å². The highest BCUT2D eigenvalue weighted by Crippen LogP contribution is 2.21. The summed E-state index contributed by atoms with van der Waals surface area (Å²) >= 11 is 0. The van der Waals surface area contributed by atoms with E-state index in [9.17, 15) is 4.79 Å². The molecule has 0 fully saturated rings. The zero-order valence-corrected chi connectivity index (χ0v) is 7.31. The molecule has 0 saturated carbocycles. The second-order valence-electron chi connectivity index (χ2n) is 2.98. The topological polar surface area (TPSA) is 46.5 Å². The Morgan fingerprint density at radius 1 is 1.07 bits per heavy atom. The molecule has 1 N–H and O–H groups in total. The zero-order chi connectivity index (χ0) is 9.97. The van der Waals surface area contributed by atoms with E-state index in [-0.39, 0.29) is 0 Å². The molecule has 0 unspecified atom stereocenters. The molecule has 0 atom stereocenters. The van der Waals surface area contributed by atoms with Crippen LogP contribution in [0.1, 0.15) is 10.4 Å². The van der Waals surface area contributed by atoms with Crippen molar-refractivity contribution < 1.29 is 14.9 Å². The SMILES string of the molecule is O=Cc1ccc2cc(OO)ccc2c1. The van der Waals surface area contributed by atoms with E-state index in [1.165, 1.54) is 0 Å². The van der Waals surface area contributed by atoms with Gasteiger partial charge in [-0.2, -0.15) is 0 Å². The van der Waals surface area contributed by atoms with Crippen LogP contribution in [0.25, 0.3) is 10.8 Å². The molecule has 14 heavy (non-hydrogen) atoms. The summed E-state index contributed by atoms with van der Waals surface area (Å²) in [5.41, 5.74) is 0.634. The molecule has 0 bridgehead atoms. The molecule has 2 rings (SSSR count). The Morgan fingerprint density at radius 2 is 1.79 bits per heavy atom. The first kappa shape index (κ1) is 8.72. The predicted octanol–water partition coefficient (Wildman–Crippen LogP) is 2.50. The number of carbonyl (C=O) groups is 1. The first-order valence-corrected chi connectivity index (χ1v) is 4.14. The van der Waals surface area contributed by atoms with Gasteiger partial charge in [0.25, 0.3) is 0 Å². The van der Waals surface area contributed by atoms with E-state index in [4.69, 9.17) is 5.26 Å². The minimum absolute atomic E-state index is 0.386. The molecule has 0 amide bonds. The molecule has 3 nitrogen and oxygen atoms in total. The fourth-order valence-electron chi connectivity index (χ4n) is 1.37. The fourth-order valence-corrected chi connectivity index (χ4v) is 1.37. The lowest BCUT2D eigenvalue weighted by molar-refractivity contribution is -0.137. The molecule has 3 heteroatoms. The Bertz CT molecular complexity index is 477. The van der Waals surface area contributed by atoms with Crippen LogP contribution >= 0.6 is 0 Å². The quantitative estimate of drug-likeness (QED) is 0.447. The summed E-state index contributed by atoms with van der Waals surface area (Å²) < 4.78 is 0. The van der Waals surface area contributed by atoms with E-state index in [1.807, 2.05) is 6.07 Å². The Morgan fingerprint density at radius 3 is 2.50 bits per heavy atom. The van der Waals surface area contributed by atoms with Crippen molar-refractivity contribution in [1.29, 1.82) is 0 Å². The maximum Gasteiger partial charge on any atom is 0.165 e. The summed E-state index contributed by atoms with van der Waals surface area (Å²) in [6.45, 7) is 0. The maximum absolute atomic E-state index is 10.5. The van der Waals surface area contributed by atoms with Crippen LogP contribution in [0, 0.1) is 0 Å². The van der Waals surface area contributed by atoms with Crippen LogP contribution < -0.4 is 4.89 Å². The normalized spacial score (nSPS) is 10.1. The highest BCUT2D eigenvalue weighted by Gasteiger charge is 1.98. The minimum atomic E-state index is 0.386. The molecule has 0 aromatic heterocycles. The van der Waals surface area contributed by atoms with Crippen molar-refractivity contribution in [2.75, 3.05) is 0 Å². The monoisotopic (exact) mass is 188 g/mol. The van der Waals surface area contributed by atoms with Crippen LogP contribution in [-0.4, -0.2) is 11.5 Å². The number of fused-ring (bicyclic) bond motifs is 1. The summed E-state index contributed by atoms with van der Waals surface area (Å²) in [6, 6.07) is 10.4. The number of hydrogen-bond donors (Lipinski definition) is 1. The standard InChI is InChI=1S/C11H8O3/c12-7-8-1-2-10-6-11(14-13)4-3-9(10)5-8/h1-7,13H. The largest absolute Gasteiger partial charge is 0.340 e. The number of rotatable bonds is 2. The van der Waals surface area contributed by atoms with Gasteiger partial charge < -0.3 is 4.89 Å². The van der Waals surface area contributed by atoms with Gasteiger partial charge in [-0.1, -0.05) is 18.2 Å². The average Bonchev–Trinajstić information content (AvgIpc) is 2.27. The third-order valence-electron chi connectivity index (χ3n) is 2.08. The lowest BCUT2D eigenvalue weighted by Gasteiger charge is -2.00. The second-order valence-corrected chi connectivity index (χ2v) is 2.98. The van der Waals surface area contributed by atoms with E-state index in [0.29, 0.717) is 11.3 Å². The van der Waals surface area contributed by atoms with Crippen molar-refractivity contribution in [3.05, 3.63) is 42.0 Å². The van der Waals surface area contributed by atoms with Gasteiger partial charge in [0.1, 0.15) is 6.29 Å². The van der Waals surface area contributed by atoms with E-state index in [0.717, 1.165) is 17.1 Å². The molecule has 2 aromatic carbocycles. The molecule has 0 spiro atoms. The van der Waals surface area contributed by atoms with Crippen LogP contribution in [0.15, 0.2) is 36.4 Å². The Labute approximate surface area is 80.5 Å². The summed E-state index contributed by atoms with van der Waals surface area (Å²) in [5, 5.41) is 10.3. The van der Waals surface area contributed by atoms with Gasteiger partial charge in [-0.3, -0.25) is 4.79 Å². The summed E-state index contributed by atoms with van der Waals surface area (Å²) in [4.78, 5) is 14.6. The van der Waals surface area contributed by atoms with E-state index >= 15 is 0 Å². The van der Waals surface area contributed by atoms with Crippen molar-refractivity contribution in [3.8, 4) is 5.75 Å². The molecular weight excluding hydrogens is 180 g/mol. The molecule has 0 radical (unpaired) electrons. The molecule has 0 aliphatic heterocycles. The number of benzene rings is 2. The lowest BCUT2D eigenvalue weighted by Crippen LogP contribution is -1.84. The first-order chi connectivity index (χ1) is 6.83. The lowest BCUT2D eigenvalue weighted by atomic mass is 10.1. The van der Waals surface area contributed by atoms with Gasteiger partial charge in [0, 0.05) is 5.56 Å². The van der Waals surface area contributed by atoms with Gasteiger partial charge in [0.15, 0.2) is 5.75 Å². The van der Waals surface area contributed by atoms with E-state index < -0.39 is 0 Å². The third kappa shape index (κ3) is 1.45. The summed E-state index contributed by atoms with van der Waals surface area (Å²) in [5.74, 6) is 0.386. The minimum Gasteiger partial charge on any atom is -0.340 e. The second kappa shape index (κ2) is 3.47. The van der Waals surface area contributed by atoms with Gasteiger partial charge >= 0.3 is 0 Å². The molecule has 2 aromatic rings. The van der Waals surface area contributed by atoms with Crippen molar-refractivity contribution in [1.82, 2.24) is 0 Å². The molecule has 0 saturated heterocycles. The number of carbonyl (C=O) groups excluding carboxylic acids is 1. The number of hydrogen-bond acceptors (Lipinski definition) is 3. The Hall–Kier alpha value is -1.87. The Kier molecular flexibility index (Phi) is 2.16. The van der Waals surface area contributed by atoms with E-state index in [1.54, 1.807) is 30.3 Å². The molecular formula is C11H8O3. The van der Waals surface area contributed by atoms with Crippen molar-refractivity contribution in [2.45, 2.75) is 0 Å². The van der Waals surface area contributed by atoms with Gasteiger partial charge in [-0.25, -0.2) is 5.26 Å². The van der Waals surface area contributed by atoms with Crippen LogP contribution in [0.5, 0.6) is 5.75 Å². The Balaban J connectivity index is 2.63. The van der Waals surface area contributed by atoms with Crippen LogP contribution in [0.4, 0.5) is 0 Å². The fraction of sp³-hybridized carbons (Fsp3) is 0. The first-order valence-electron chi connectivity index (χ1n) is 4.14. The van der Waals surface area contributed by atoms with Crippen molar-refractivity contribution in [3.63, 3.8) is 0 Å². The van der Waals surface area contributed by atoms with Gasteiger partial charge in [-0.15, -0.1) is 0 Å². The van der Waals surface area contributed by atoms with Crippen molar-refractivity contribution >= 4 is 17.1 Å². The third-order valence-corrected chi connectivity index (χ3v) is 2.08.